The Balaban J connectivity index is 1.43. The molecule has 0 radical (unpaired) electrons. The van der Waals surface area contributed by atoms with E-state index >= 15 is 0 Å². The summed E-state index contributed by atoms with van der Waals surface area (Å²) in [5.74, 6) is 3.18. The first-order chi connectivity index (χ1) is 16.1. The molecule has 0 spiro atoms. The summed E-state index contributed by atoms with van der Waals surface area (Å²) in [7, 11) is 1.69. The molecule has 0 N–H and O–H groups in total. The molecule has 0 bridgehead atoms. The highest BCUT2D eigenvalue weighted by molar-refractivity contribution is 5.91. The maximum atomic E-state index is 6.38. The molecule has 0 saturated carbocycles. The van der Waals surface area contributed by atoms with E-state index in [1.807, 2.05) is 6.07 Å². The van der Waals surface area contributed by atoms with Crippen molar-refractivity contribution < 1.29 is 23.5 Å². The van der Waals surface area contributed by atoms with Gasteiger partial charge in [-0.25, -0.2) is 0 Å². The van der Waals surface area contributed by atoms with Crippen molar-refractivity contribution in [2.45, 2.75) is 33.4 Å². The fourth-order valence-electron chi connectivity index (χ4n) is 5.01. The van der Waals surface area contributed by atoms with Crippen LogP contribution >= 0.6 is 0 Å². The molecule has 0 atom stereocenters. The molecule has 2 aliphatic rings. The first-order valence-corrected chi connectivity index (χ1v) is 11.3. The third-order valence-electron chi connectivity index (χ3n) is 6.46. The molecule has 33 heavy (non-hydrogen) atoms. The van der Waals surface area contributed by atoms with Crippen LogP contribution in [0.4, 0.5) is 0 Å². The van der Waals surface area contributed by atoms with Gasteiger partial charge in [0.05, 0.1) is 18.1 Å². The second kappa shape index (κ2) is 7.69. The van der Waals surface area contributed by atoms with Crippen LogP contribution in [0.5, 0.6) is 23.0 Å². The number of aromatic nitrogens is 1. The van der Waals surface area contributed by atoms with E-state index in [0.29, 0.717) is 6.61 Å². The second-order valence-corrected chi connectivity index (χ2v) is 8.85. The van der Waals surface area contributed by atoms with Gasteiger partial charge in [0.25, 0.3) is 0 Å². The summed E-state index contributed by atoms with van der Waals surface area (Å²) in [6, 6.07) is 17.1. The standard InChI is InChI=1S/C28H26NO4/c1-17-8-18(2)10-19(9-17)15-31-28-23-14-29-7-6-21-12-26-27(33-16-32-26)13-22(21)24(29)11-20(23)4-5-25(28)30-3/h4-5,8-14H,6-7,15-16H2,1-3H3/q+1. The summed E-state index contributed by atoms with van der Waals surface area (Å²) < 4.78 is 25.6. The van der Waals surface area contributed by atoms with E-state index in [2.05, 4.69) is 67.1 Å². The van der Waals surface area contributed by atoms with Crippen LogP contribution in [0.1, 0.15) is 22.3 Å². The zero-order valence-electron chi connectivity index (χ0n) is 19.1. The number of ether oxygens (including phenoxy) is 4. The average Bonchev–Trinajstić information content (AvgIpc) is 3.26. The molecule has 0 saturated heterocycles. The van der Waals surface area contributed by atoms with Gasteiger partial charge in [0.1, 0.15) is 6.61 Å². The summed E-state index contributed by atoms with van der Waals surface area (Å²) in [6.07, 6.45) is 3.13. The molecule has 6 rings (SSSR count). The summed E-state index contributed by atoms with van der Waals surface area (Å²) in [5, 5.41) is 2.16. The van der Waals surface area contributed by atoms with Crippen molar-refractivity contribution in [3.05, 3.63) is 77.0 Å². The number of nitrogens with zero attached hydrogens (tertiary/aromatic N) is 1. The van der Waals surface area contributed by atoms with Gasteiger partial charge >= 0.3 is 0 Å². The summed E-state index contributed by atoms with van der Waals surface area (Å²) in [4.78, 5) is 0. The fourth-order valence-corrected chi connectivity index (χ4v) is 5.01. The number of pyridine rings is 1. The van der Waals surface area contributed by atoms with Gasteiger partial charge in [-0.05, 0) is 54.6 Å². The number of rotatable bonds is 4. The van der Waals surface area contributed by atoms with Crippen molar-refractivity contribution >= 4 is 10.8 Å². The summed E-state index contributed by atoms with van der Waals surface area (Å²) >= 11 is 0. The van der Waals surface area contributed by atoms with Crippen LogP contribution in [0.3, 0.4) is 0 Å². The van der Waals surface area contributed by atoms with Gasteiger partial charge in [-0.1, -0.05) is 29.3 Å². The lowest BCUT2D eigenvalue weighted by Crippen LogP contribution is -2.40. The Bertz CT molecular complexity index is 1390. The fraction of sp³-hybridized carbons (Fsp3) is 0.250. The minimum atomic E-state index is 0.289. The molecule has 166 valence electrons. The molecule has 3 heterocycles. The van der Waals surface area contributed by atoms with Crippen LogP contribution in [-0.2, 0) is 19.6 Å². The molecule has 3 aromatic carbocycles. The quantitative estimate of drug-likeness (QED) is 0.405. The largest absolute Gasteiger partial charge is 0.493 e. The smallest absolute Gasteiger partial charge is 0.231 e. The van der Waals surface area contributed by atoms with Gasteiger partial charge in [0, 0.05) is 12.5 Å². The zero-order chi connectivity index (χ0) is 22.5. The predicted octanol–water partition coefficient (Wildman–Crippen LogP) is 5.28. The van der Waals surface area contributed by atoms with E-state index in [1.165, 1.54) is 27.9 Å². The van der Waals surface area contributed by atoms with Crippen LogP contribution in [0.25, 0.3) is 22.0 Å². The molecule has 0 amide bonds. The Morgan fingerprint density at radius 2 is 1.73 bits per heavy atom. The van der Waals surface area contributed by atoms with E-state index in [1.54, 1.807) is 7.11 Å². The summed E-state index contributed by atoms with van der Waals surface area (Å²) in [5.41, 5.74) is 7.29. The van der Waals surface area contributed by atoms with Gasteiger partial charge in [0.2, 0.25) is 12.5 Å². The number of hydrogen-bond donors (Lipinski definition) is 0. The Kier molecular flexibility index (Phi) is 4.64. The predicted molar refractivity (Wildman–Crippen MR) is 126 cm³/mol. The van der Waals surface area contributed by atoms with E-state index in [4.69, 9.17) is 18.9 Å². The number of fused-ring (bicyclic) bond motifs is 5. The molecule has 1 aromatic heterocycles. The lowest BCUT2D eigenvalue weighted by molar-refractivity contribution is -0.686. The lowest BCUT2D eigenvalue weighted by Gasteiger charge is -2.18. The highest BCUT2D eigenvalue weighted by Crippen LogP contribution is 2.41. The molecule has 2 aliphatic heterocycles. The van der Waals surface area contributed by atoms with Crippen molar-refractivity contribution in [3.63, 3.8) is 0 Å². The first kappa shape index (κ1) is 19.9. The van der Waals surface area contributed by atoms with Gasteiger partial charge in [-0.15, -0.1) is 0 Å². The third-order valence-corrected chi connectivity index (χ3v) is 6.46. The van der Waals surface area contributed by atoms with Gasteiger partial charge in [-0.2, -0.15) is 4.57 Å². The minimum Gasteiger partial charge on any atom is -0.493 e. The maximum Gasteiger partial charge on any atom is 0.231 e. The van der Waals surface area contributed by atoms with Crippen LogP contribution < -0.4 is 23.5 Å². The highest BCUT2D eigenvalue weighted by atomic mass is 16.7. The van der Waals surface area contributed by atoms with E-state index < -0.39 is 0 Å². The monoisotopic (exact) mass is 440 g/mol. The topological polar surface area (TPSA) is 40.8 Å². The maximum absolute atomic E-state index is 6.38. The lowest BCUT2D eigenvalue weighted by atomic mass is 9.95. The Hall–Kier alpha value is -3.73. The zero-order valence-corrected chi connectivity index (χ0v) is 19.1. The van der Waals surface area contributed by atoms with Gasteiger partial charge < -0.3 is 18.9 Å². The van der Waals surface area contributed by atoms with E-state index in [9.17, 15) is 0 Å². The van der Waals surface area contributed by atoms with Crippen LogP contribution in [0.15, 0.2) is 54.7 Å². The van der Waals surface area contributed by atoms with Crippen LogP contribution in [0, 0.1) is 13.8 Å². The molecule has 4 aromatic rings. The van der Waals surface area contributed by atoms with Crippen molar-refractivity contribution in [3.8, 4) is 34.3 Å². The minimum absolute atomic E-state index is 0.289. The van der Waals surface area contributed by atoms with Crippen molar-refractivity contribution in [2.75, 3.05) is 13.9 Å². The average molecular weight is 441 g/mol. The molecule has 5 heteroatoms. The molecule has 0 aliphatic carbocycles. The normalized spacial score (nSPS) is 13.5. The van der Waals surface area contributed by atoms with E-state index in [0.717, 1.165) is 52.3 Å². The van der Waals surface area contributed by atoms with Crippen molar-refractivity contribution in [2.24, 2.45) is 0 Å². The number of benzene rings is 3. The number of methoxy groups -OCH3 is 1. The molecule has 5 nitrogen and oxygen atoms in total. The Labute approximate surface area is 193 Å². The van der Waals surface area contributed by atoms with Crippen molar-refractivity contribution in [1.29, 1.82) is 0 Å². The van der Waals surface area contributed by atoms with Crippen LogP contribution in [0.2, 0.25) is 0 Å². The van der Waals surface area contributed by atoms with E-state index in [-0.39, 0.29) is 6.79 Å². The molecule has 0 unspecified atom stereocenters. The number of aryl methyl sites for hydroxylation is 4. The van der Waals surface area contributed by atoms with Gasteiger partial charge in [-0.3, -0.25) is 0 Å². The first-order valence-electron chi connectivity index (χ1n) is 11.3. The second-order valence-electron chi connectivity index (χ2n) is 8.85. The molecule has 0 fully saturated rings. The van der Waals surface area contributed by atoms with Crippen LogP contribution in [-0.4, -0.2) is 13.9 Å². The molecular weight excluding hydrogens is 414 g/mol. The van der Waals surface area contributed by atoms with Crippen molar-refractivity contribution in [1.82, 2.24) is 0 Å². The molecular formula is C28H26NO4+. The number of hydrogen-bond acceptors (Lipinski definition) is 4. The highest BCUT2D eigenvalue weighted by Gasteiger charge is 2.28. The summed E-state index contributed by atoms with van der Waals surface area (Å²) in [6.45, 7) is 5.90. The third kappa shape index (κ3) is 3.44. The SMILES string of the molecule is COc1ccc2cc3[n+](cc2c1OCc1cc(C)cc(C)c1)CCc1cc2c(cc1-3)OCO2. The Morgan fingerprint density at radius 3 is 2.52 bits per heavy atom. The van der Waals surface area contributed by atoms with Gasteiger partial charge in [0.15, 0.2) is 35.7 Å². The Morgan fingerprint density at radius 1 is 0.939 bits per heavy atom.